The van der Waals surface area contributed by atoms with E-state index >= 15 is 0 Å². The van der Waals surface area contributed by atoms with Crippen molar-refractivity contribution in [3.05, 3.63) is 65.7 Å². The molecule has 0 amide bonds. The minimum absolute atomic E-state index is 0.109. The molecule has 116 valence electrons. The minimum atomic E-state index is -0.687. The fourth-order valence-corrected chi connectivity index (χ4v) is 2.23. The highest BCUT2D eigenvalue weighted by atomic mass is 16.7. The number of hydrogen-bond donors (Lipinski definition) is 0. The van der Waals surface area contributed by atoms with Crippen molar-refractivity contribution < 1.29 is 14.3 Å². The molecule has 0 aliphatic rings. The summed E-state index contributed by atoms with van der Waals surface area (Å²) in [5.41, 5.74) is 1.80. The van der Waals surface area contributed by atoms with Crippen LogP contribution in [0.2, 0.25) is 0 Å². The van der Waals surface area contributed by atoms with Crippen molar-refractivity contribution in [2.24, 2.45) is 0 Å². The van der Waals surface area contributed by atoms with Crippen molar-refractivity contribution in [2.75, 3.05) is 0 Å². The lowest BCUT2D eigenvalue weighted by molar-refractivity contribution is 0.0650. The van der Waals surface area contributed by atoms with Crippen LogP contribution in [-0.4, -0.2) is 6.16 Å². The Labute approximate surface area is 131 Å². The lowest BCUT2D eigenvalue weighted by Crippen LogP contribution is -2.18. The van der Waals surface area contributed by atoms with Crippen molar-refractivity contribution in [3.8, 4) is 5.75 Å². The molecule has 0 spiro atoms. The van der Waals surface area contributed by atoms with E-state index in [1.165, 1.54) is 0 Å². The largest absolute Gasteiger partial charge is 0.514 e. The van der Waals surface area contributed by atoms with E-state index in [9.17, 15) is 4.79 Å². The highest BCUT2D eigenvalue weighted by molar-refractivity contribution is 5.65. The van der Waals surface area contributed by atoms with Crippen molar-refractivity contribution in [1.82, 2.24) is 0 Å². The van der Waals surface area contributed by atoms with Gasteiger partial charge in [0.25, 0.3) is 0 Å². The predicted octanol–water partition coefficient (Wildman–Crippen LogP) is 5.26. The summed E-state index contributed by atoms with van der Waals surface area (Å²) in [7, 11) is 0. The first-order chi connectivity index (χ1) is 10.4. The number of carbonyl (C=O) groups is 1. The Morgan fingerprint density at radius 2 is 1.55 bits per heavy atom. The van der Waals surface area contributed by atoms with Crippen LogP contribution in [0.1, 0.15) is 44.9 Å². The molecule has 0 saturated heterocycles. The summed E-state index contributed by atoms with van der Waals surface area (Å²) in [6.07, 6.45) is -1.04. The molecule has 0 bridgehead atoms. The van der Waals surface area contributed by atoms with Crippen LogP contribution in [0.4, 0.5) is 4.79 Å². The van der Waals surface area contributed by atoms with Gasteiger partial charge in [-0.05, 0) is 24.0 Å². The SMILES string of the molecule is CC(OC(=O)Oc1ccccc1C(C)(C)C)c1ccccc1. The predicted molar refractivity (Wildman–Crippen MR) is 87.1 cm³/mol. The zero-order valence-electron chi connectivity index (χ0n) is 13.5. The second-order valence-electron chi connectivity index (χ2n) is 6.27. The molecule has 0 aliphatic carbocycles. The smallest absolute Gasteiger partial charge is 0.426 e. The fourth-order valence-electron chi connectivity index (χ4n) is 2.23. The fraction of sp³-hybridized carbons (Fsp3) is 0.316. The first kappa shape index (κ1) is 16.1. The van der Waals surface area contributed by atoms with Crippen LogP contribution in [0.3, 0.4) is 0 Å². The van der Waals surface area contributed by atoms with Crippen LogP contribution >= 0.6 is 0 Å². The average Bonchev–Trinajstić information content (AvgIpc) is 2.47. The van der Waals surface area contributed by atoms with Gasteiger partial charge in [-0.15, -0.1) is 0 Å². The Bertz CT molecular complexity index is 627. The van der Waals surface area contributed by atoms with Gasteiger partial charge in [0.15, 0.2) is 0 Å². The van der Waals surface area contributed by atoms with E-state index in [1.54, 1.807) is 6.07 Å². The lowest BCUT2D eigenvalue weighted by Gasteiger charge is -2.22. The highest BCUT2D eigenvalue weighted by Gasteiger charge is 2.21. The molecule has 2 rings (SSSR count). The zero-order valence-corrected chi connectivity index (χ0v) is 13.5. The number of para-hydroxylation sites is 1. The number of hydrogen-bond acceptors (Lipinski definition) is 3. The van der Waals surface area contributed by atoms with Gasteiger partial charge in [0.05, 0.1) is 0 Å². The highest BCUT2D eigenvalue weighted by Crippen LogP contribution is 2.31. The van der Waals surface area contributed by atoms with E-state index in [4.69, 9.17) is 9.47 Å². The zero-order chi connectivity index (χ0) is 16.2. The summed E-state index contributed by atoms with van der Waals surface area (Å²) in [5, 5.41) is 0. The molecule has 22 heavy (non-hydrogen) atoms. The maximum Gasteiger partial charge on any atom is 0.514 e. The Hall–Kier alpha value is -2.29. The molecule has 1 unspecified atom stereocenters. The molecule has 0 saturated carbocycles. The molecule has 0 radical (unpaired) electrons. The third kappa shape index (κ3) is 4.10. The standard InChI is InChI=1S/C19H22O3/c1-14(15-10-6-5-7-11-15)21-18(20)22-17-13-9-8-12-16(17)19(2,3)4/h5-14H,1-4H3. The van der Waals surface area contributed by atoms with Crippen molar-refractivity contribution in [2.45, 2.75) is 39.2 Å². The maximum atomic E-state index is 12.0. The van der Waals surface area contributed by atoms with Crippen LogP contribution in [0.5, 0.6) is 5.75 Å². The molecule has 0 aliphatic heterocycles. The summed E-state index contributed by atoms with van der Waals surface area (Å²) in [4.78, 5) is 12.0. The number of rotatable bonds is 3. The normalized spacial score (nSPS) is 12.5. The van der Waals surface area contributed by atoms with Gasteiger partial charge in [-0.25, -0.2) is 4.79 Å². The van der Waals surface area contributed by atoms with E-state index in [-0.39, 0.29) is 11.5 Å². The van der Waals surface area contributed by atoms with Gasteiger partial charge in [0.1, 0.15) is 11.9 Å². The third-order valence-electron chi connectivity index (χ3n) is 3.43. The van der Waals surface area contributed by atoms with Gasteiger partial charge in [-0.2, -0.15) is 0 Å². The first-order valence-corrected chi connectivity index (χ1v) is 7.41. The van der Waals surface area contributed by atoms with Gasteiger partial charge in [0, 0.05) is 5.56 Å². The van der Waals surface area contributed by atoms with Crippen LogP contribution in [0.15, 0.2) is 54.6 Å². The molecule has 1 atom stereocenters. The Morgan fingerprint density at radius 1 is 0.955 bits per heavy atom. The summed E-state index contributed by atoms with van der Waals surface area (Å²) < 4.78 is 10.7. The van der Waals surface area contributed by atoms with E-state index in [0.29, 0.717) is 5.75 Å². The Kier molecular flexibility index (Phi) is 4.86. The van der Waals surface area contributed by atoms with Crippen molar-refractivity contribution in [3.63, 3.8) is 0 Å². The molecule has 0 N–H and O–H groups in total. The second kappa shape index (κ2) is 6.65. The quantitative estimate of drug-likeness (QED) is 0.572. The molecule has 2 aromatic carbocycles. The topological polar surface area (TPSA) is 35.5 Å². The first-order valence-electron chi connectivity index (χ1n) is 7.41. The molecule has 0 heterocycles. The lowest BCUT2D eigenvalue weighted by atomic mass is 9.86. The van der Waals surface area contributed by atoms with E-state index in [2.05, 4.69) is 20.8 Å². The van der Waals surface area contributed by atoms with Crippen LogP contribution in [0, 0.1) is 0 Å². The molecule has 2 aromatic rings. The molecular weight excluding hydrogens is 276 g/mol. The maximum absolute atomic E-state index is 12.0. The van der Waals surface area contributed by atoms with Crippen LogP contribution in [-0.2, 0) is 10.2 Å². The second-order valence-corrected chi connectivity index (χ2v) is 6.27. The number of benzene rings is 2. The average molecular weight is 298 g/mol. The van der Waals surface area contributed by atoms with Gasteiger partial charge in [-0.3, -0.25) is 0 Å². The monoisotopic (exact) mass is 298 g/mol. The summed E-state index contributed by atoms with van der Waals surface area (Å²) >= 11 is 0. The van der Waals surface area contributed by atoms with Gasteiger partial charge >= 0.3 is 6.16 Å². The van der Waals surface area contributed by atoms with Crippen LogP contribution < -0.4 is 4.74 Å². The van der Waals surface area contributed by atoms with Crippen molar-refractivity contribution >= 4 is 6.16 Å². The Morgan fingerprint density at radius 3 is 2.18 bits per heavy atom. The molecule has 3 nitrogen and oxygen atoms in total. The molecule has 0 fully saturated rings. The minimum Gasteiger partial charge on any atom is -0.426 e. The number of ether oxygens (including phenoxy) is 2. The van der Waals surface area contributed by atoms with Crippen molar-refractivity contribution in [1.29, 1.82) is 0 Å². The summed E-state index contributed by atoms with van der Waals surface area (Å²) in [6.45, 7) is 8.06. The number of carbonyl (C=O) groups excluding carboxylic acids is 1. The van der Waals surface area contributed by atoms with Crippen LogP contribution in [0.25, 0.3) is 0 Å². The van der Waals surface area contributed by atoms with Gasteiger partial charge in [-0.1, -0.05) is 69.3 Å². The van der Waals surface area contributed by atoms with Gasteiger partial charge < -0.3 is 9.47 Å². The van der Waals surface area contributed by atoms with E-state index < -0.39 is 6.16 Å². The summed E-state index contributed by atoms with van der Waals surface area (Å²) in [5.74, 6) is 0.542. The Balaban J connectivity index is 2.07. The van der Waals surface area contributed by atoms with E-state index in [1.807, 2.05) is 55.5 Å². The summed E-state index contributed by atoms with van der Waals surface area (Å²) in [6, 6.07) is 17.1. The molecule has 3 heteroatoms. The molecular formula is C19H22O3. The van der Waals surface area contributed by atoms with E-state index in [0.717, 1.165) is 11.1 Å². The third-order valence-corrected chi connectivity index (χ3v) is 3.43. The van der Waals surface area contributed by atoms with Gasteiger partial charge in [0.2, 0.25) is 0 Å². The molecule has 0 aromatic heterocycles.